The van der Waals surface area contributed by atoms with Crippen molar-refractivity contribution in [3.05, 3.63) is 28.1 Å². The predicted octanol–water partition coefficient (Wildman–Crippen LogP) is 3.27. The summed E-state index contributed by atoms with van der Waals surface area (Å²) >= 11 is 1.35. The molecule has 1 aromatic rings. The molecule has 5 nitrogen and oxygen atoms in total. The van der Waals surface area contributed by atoms with Crippen LogP contribution in [0.4, 0.5) is 22.0 Å². The van der Waals surface area contributed by atoms with Crippen LogP contribution in [-0.2, 0) is 22.1 Å². The summed E-state index contributed by atoms with van der Waals surface area (Å²) in [6, 6.07) is 0. The van der Waals surface area contributed by atoms with Crippen LogP contribution >= 0.6 is 11.8 Å². The fourth-order valence-corrected chi connectivity index (χ4v) is 2.83. The van der Waals surface area contributed by atoms with Crippen LogP contribution in [0.2, 0.25) is 0 Å². The van der Waals surface area contributed by atoms with E-state index in [4.69, 9.17) is 0 Å². The normalized spacial score (nSPS) is 16.7. The van der Waals surface area contributed by atoms with Gasteiger partial charge in [0, 0.05) is 11.0 Å². The van der Waals surface area contributed by atoms with Crippen LogP contribution < -0.4 is 0 Å². The molecule has 1 fully saturated rings. The lowest BCUT2D eigenvalue weighted by atomic mass is 9.94. The lowest BCUT2D eigenvalue weighted by molar-refractivity contribution is -0.142. The number of ether oxygens (including phenoxy) is 2. The first-order valence-corrected chi connectivity index (χ1v) is 7.87. The molecule has 0 aromatic carbocycles. The number of esters is 2. The van der Waals surface area contributed by atoms with E-state index in [2.05, 4.69) is 14.5 Å². The summed E-state index contributed by atoms with van der Waals surface area (Å²) in [6.45, 7) is 0. The van der Waals surface area contributed by atoms with Crippen LogP contribution in [0.5, 0.6) is 0 Å². The van der Waals surface area contributed by atoms with Crippen LogP contribution in [0.25, 0.3) is 0 Å². The minimum absolute atomic E-state index is 0.190. The van der Waals surface area contributed by atoms with Crippen molar-refractivity contribution < 1.29 is 41.0 Å². The Morgan fingerprint density at radius 3 is 2.12 bits per heavy atom. The number of nitrogens with zero attached hydrogens (tertiary/aromatic N) is 1. The van der Waals surface area contributed by atoms with Gasteiger partial charge in [-0.25, -0.2) is 23.4 Å². The Morgan fingerprint density at radius 1 is 1.20 bits per heavy atom. The molecular weight excluding hydrogens is 373 g/mol. The van der Waals surface area contributed by atoms with E-state index in [-0.39, 0.29) is 11.7 Å². The molecule has 25 heavy (non-hydrogen) atoms. The van der Waals surface area contributed by atoms with Gasteiger partial charge in [0.2, 0.25) is 0 Å². The number of hydrogen-bond acceptors (Lipinski definition) is 6. The number of rotatable bonds is 5. The highest BCUT2D eigenvalue weighted by Gasteiger charge is 2.44. The quantitative estimate of drug-likeness (QED) is 0.440. The van der Waals surface area contributed by atoms with Crippen molar-refractivity contribution in [2.24, 2.45) is 0 Å². The van der Waals surface area contributed by atoms with Gasteiger partial charge in [-0.1, -0.05) is 0 Å². The van der Waals surface area contributed by atoms with Crippen molar-refractivity contribution in [2.45, 2.75) is 24.3 Å². The zero-order valence-corrected chi connectivity index (χ0v) is 13.8. The van der Waals surface area contributed by atoms with Gasteiger partial charge in [-0.3, -0.25) is 0 Å². The van der Waals surface area contributed by atoms with Crippen LogP contribution in [0.3, 0.4) is 0 Å². The predicted molar refractivity (Wildman–Crippen MR) is 76.8 cm³/mol. The zero-order valence-electron chi connectivity index (χ0n) is 12.9. The molecule has 0 bridgehead atoms. The van der Waals surface area contributed by atoms with E-state index in [0.29, 0.717) is 5.75 Å². The van der Waals surface area contributed by atoms with Gasteiger partial charge in [0.15, 0.2) is 5.69 Å². The van der Waals surface area contributed by atoms with Crippen molar-refractivity contribution in [3.8, 4) is 0 Å². The lowest BCUT2D eigenvalue weighted by Crippen LogP contribution is -2.25. The van der Waals surface area contributed by atoms with E-state index in [9.17, 15) is 31.5 Å². The van der Waals surface area contributed by atoms with E-state index >= 15 is 0 Å². The summed E-state index contributed by atoms with van der Waals surface area (Å²) in [5, 5.41) is -0.194. The molecule has 1 aromatic heterocycles. The Bertz CT molecular complexity index is 703. The first-order chi connectivity index (χ1) is 11.6. The van der Waals surface area contributed by atoms with Gasteiger partial charge in [-0.05, 0) is 12.0 Å². The molecule has 0 spiro atoms. The molecule has 2 rings (SSSR count). The number of alkyl halides is 5. The third-order valence-corrected chi connectivity index (χ3v) is 4.39. The summed E-state index contributed by atoms with van der Waals surface area (Å²) < 4.78 is 75.2. The average Bonchev–Trinajstić information content (AvgIpc) is 3.35. The Kier molecular flexibility index (Phi) is 5.55. The maximum Gasteiger partial charge on any atom is 0.434 e. The third kappa shape index (κ3) is 4.02. The van der Waals surface area contributed by atoms with Crippen LogP contribution in [0.15, 0.2) is 0 Å². The van der Waals surface area contributed by atoms with Gasteiger partial charge in [-0.2, -0.15) is 24.9 Å². The molecule has 1 unspecified atom stereocenters. The molecule has 2 heterocycles. The van der Waals surface area contributed by atoms with Crippen molar-refractivity contribution in [1.82, 2.24) is 4.98 Å². The fourth-order valence-electron chi connectivity index (χ4n) is 2.29. The van der Waals surface area contributed by atoms with E-state index in [1.807, 2.05) is 0 Å². The molecule has 0 radical (unpaired) electrons. The molecule has 138 valence electrons. The molecule has 1 aliphatic rings. The summed E-state index contributed by atoms with van der Waals surface area (Å²) in [5.74, 6) is -2.14. The first-order valence-electron chi connectivity index (χ1n) is 6.82. The van der Waals surface area contributed by atoms with Crippen molar-refractivity contribution in [1.29, 1.82) is 0 Å². The molecule has 0 N–H and O–H groups in total. The summed E-state index contributed by atoms with van der Waals surface area (Å²) in [5.41, 5.74) is -5.51. The number of halogens is 5. The van der Waals surface area contributed by atoms with Crippen molar-refractivity contribution >= 4 is 23.7 Å². The zero-order chi connectivity index (χ0) is 18.9. The average molecular weight is 385 g/mol. The Hall–Kier alpha value is -1.91. The number of carbonyl (C=O) groups is 2. The highest BCUT2D eigenvalue weighted by Crippen LogP contribution is 2.41. The van der Waals surface area contributed by atoms with E-state index in [1.54, 1.807) is 0 Å². The minimum atomic E-state index is -5.19. The lowest BCUT2D eigenvalue weighted by Gasteiger charge is -2.20. The minimum Gasteiger partial charge on any atom is -0.465 e. The highest BCUT2D eigenvalue weighted by atomic mass is 32.2. The molecule has 1 atom stereocenters. The SMILES string of the molecule is COC(=O)c1c(C(F)F)nc(C(F)(F)F)c(C(=O)OC)c1CC1CS1. The van der Waals surface area contributed by atoms with Crippen LogP contribution in [-0.4, -0.2) is 42.1 Å². The van der Waals surface area contributed by atoms with Crippen LogP contribution in [0.1, 0.15) is 44.1 Å². The maximum absolute atomic E-state index is 13.3. The molecule has 0 amide bonds. The highest BCUT2D eigenvalue weighted by molar-refractivity contribution is 8.06. The molecule has 0 aliphatic carbocycles. The van der Waals surface area contributed by atoms with E-state index in [0.717, 1.165) is 14.2 Å². The van der Waals surface area contributed by atoms with Crippen LogP contribution in [0, 0.1) is 0 Å². The second-order valence-corrected chi connectivity index (χ2v) is 6.35. The molecule has 11 heteroatoms. The monoisotopic (exact) mass is 385 g/mol. The molecular formula is C14H12F5NO4S. The fraction of sp³-hybridized carbons (Fsp3) is 0.500. The Morgan fingerprint density at radius 2 is 1.72 bits per heavy atom. The van der Waals surface area contributed by atoms with Gasteiger partial charge in [0.05, 0.1) is 25.3 Å². The third-order valence-electron chi connectivity index (χ3n) is 3.42. The smallest absolute Gasteiger partial charge is 0.434 e. The van der Waals surface area contributed by atoms with Crippen molar-refractivity contribution in [2.75, 3.05) is 20.0 Å². The van der Waals surface area contributed by atoms with E-state index < -0.39 is 52.6 Å². The molecule has 1 aliphatic heterocycles. The molecule has 1 saturated heterocycles. The number of hydrogen-bond donors (Lipinski definition) is 0. The molecule has 0 saturated carbocycles. The second kappa shape index (κ2) is 7.14. The van der Waals surface area contributed by atoms with E-state index in [1.165, 1.54) is 11.8 Å². The largest absolute Gasteiger partial charge is 0.465 e. The van der Waals surface area contributed by atoms with Gasteiger partial charge in [0.1, 0.15) is 5.69 Å². The number of methoxy groups -OCH3 is 2. The van der Waals surface area contributed by atoms with Crippen molar-refractivity contribution in [3.63, 3.8) is 0 Å². The van der Waals surface area contributed by atoms with Gasteiger partial charge in [0.25, 0.3) is 6.43 Å². The number of aromatic nitrogens is 1. The number of pyridine rings is 1. The van der Waals surface area contributed by atoms with Gasteiger partial charge < -0.3 is 9.47 Å². The summed E-state index contributed by atoms with van der Waals surface area (Å²) in [4.78, 5) is 26.8. The van der Waals surface area contributed by atoms with Gasteiger partial charge >= 0.3 is 18.1 Å². The standard InChI is InChI=1S/C14H12F5NO4S/c1-23-12(21)7-6(3-5-4-25-5)8(13(22)24-2)10(14(17,18)19)20-9(7)11(15)16/h5,11H,3-4H2,1-2H3. The topological polar surface area (TPSA) is 65.5 Å². The first kappa shape index (κ1) is 19.4. The Labute approximate surface area is 142 Å². The van der Waals surface area contributed by atoms with Gasteiger partial charge in [-0.15, -0.1) is 0 Å². The summed E-state index contributed by atoms with van der Waals surface area (Å²) in [6.07, 6.45) is -8.84. The summed E-state index contributed by atoms with van der Waals surface area (Å²) in [7, 11) is 1.74. The second-order valence-electron chi connectivity index (χ2n) is 5.02. The number of thioether (sulfide) groups is 1. The maximum atomic E-state index is 13.3. The number of carbonyl (C=O) groups excluding carboxylic acids is 2. The Balaban J connectivity index is 2.89.